The number of hydrogen-bond acceptors (Lipinski definition) is 2. The number of rotatable bonds is 13. The van der Waals surface area contributed by atoms with Crippen LogP contribution in [-0.2, 0) is 0 Å². The van der Waals surface area contributed by atoms with E-state index in [1.54, 1.807) is 0 Å². The second-order valence-corrected chi connectivity index (χ2v) is 9.93. The number of azo groups is 1. The molecule has 2 aliphatic carbocycles. The summed E-state index contributed by atoms with van der Waals surface area (Å²) in [5.74, 6) is 0. The second-order valence-electron chi connectivity index (χ2n) is 9.93. The van der Waals surface area contributed by atoms with Crippen molar-refractivity contribution in [1.82, 2.24) is 0 Å². The van der Waals surface area contributed by atoms with E-state index in [1.807, 2.05) is 0 Å². The monoisotopic (exact) mass is 390 g/mol. The molecule has 2 aliphatic rings. The molecule has 0 saturated heterocycles. The molecule has 2 rings (SSSR count). The molecular formula is C26H50N2. The fourth-order valence-corrected chi connectivity index (χ4v) is 5.31. The molecule has 2 fully saturated rings. The molecule has 0 unspecified atom stereocenters. The van der Waals surface area contributed by atoms with Gasteiger partial charge in [-0.05, 0) is 32.1 Å². The molecule has 164 valence electrons. The first-order chi connectivity index (χ1) is 13.8. The van der Waals surface area contributed by atoms with Gasteiger partial charge in [0.25, 0.3) is 0 Å². The van der Waals surface area contributed by atoms with E-state index in [9.17, 15) is 0 Å². The van der Waals surface area contributed by atoms with Crippen LogP contribution >= 0.6 is 0 Å². The summed E-state index contributed by atoms with van der Waals surface area (Å²) in [6.07, 6.45) is 31.9. The normalized spacial score (nSPS) is 21.6. The highest BCUT2D eigenvalue weighted by molar-refractivity contribution is 4.89. The Balaban J connectivity index is 1.68. The molecule has 0 amide bonds. The Morgan fingerprint density at radius 3 is 1.68 bits per heavy atom. The van der Waals surface area contributed by atoms with E-state index in [0.717, 1.165) is 0 Å². The van der Waals surface area contributed by atoms with Crippen molar-refractivity contribution in [1.29, 1.82) is 0 Å². The molecule has 0 aromatic rings. The zero-order valence-electron chi connectivity index (χ0n) is 19.2. The van der Waals surface area contributed by atoms with Crippen LogP contribution in [0.15, 0.2) is 10.2 Å². The molecule has 28 heavy (non-hydrogen) atoms. The van der Waals surface area contributed by atoms with Crippen LogP contribution in [0.4, 0.5) is 0 Å². The van der Waals surface area contributed by atoms with Gasteiger partial charge in [0, 0.05) is 0 Å². The van der Waals surface area contributed by atoms with Gasteiger partial charge in [0.15, 0.2) is 0 Å². The summed E-state index contributed by atoms with van der Waals surface area (Å²) < 4.78 is 0. The van der Waals surface area contributed by atoms with E-state index in [4.69, 9.17) is 10.2 Å². The van der Waals surface area contributed by atoms with Crippen LogP contribution in [0.25, 0.3) is 0 Å². The zero-order valence-corrected chi connectivity index (χ0v) is 19.2. The van der Waals surface area contributed by atoms with E-state index in [0.29, 0.717) is 6.04 Å². The first-order valence-corrected chi connectivity index (χ1v) is 13.3. The Morgan fingerprint density at radius 1 is 0.607 bits per heavy atom. The van der Waals surface area contributed by atoms with E-state index in [-0.39, 0.29) is 5.54 Å². The summed E-state index contributed by atoms with van der Waals surface area (Å²) in [6, 6.07) is 0.537. The predicted octanol–water partition coefficient (Wildman–Crippen LogP) is 9.57. The summed E-state index contributed by atoms with van der Waals surface area (Å²) in [7, 11) is 0. The molecular weight excluding hydrogens is 340 g/mol. The molecule has 0 spiro atoms. The standard InChI is InChI=1S/C26H50N2/c1-2-3-4-5-6-7-8-9-12-17-22-26(23-18-13-14-19-24-26)28-27-25-20-15-10-11-16-21-25/h25H,2-24H2,1H3. The smallest absolute Gasteiger partial charge is 0.0816 e. The maximum atomic E-state index is 5.14. The van der Waals surface area contributed by atoms with Crippen molar-refractivity contribution in [2.24, 2.45) is 10.2 Å². The first kappa shape index (κ1) is 23.9. The number of unbranched alkanes of at least 4 members (excludes halogenated alkanes) is 9. The van der Waals surface area contributed by atoms with Crippen LogP contribution in [0.2, 0.25) is 0 Å². The topological polar surface area (TPSA) is 24.7 Å². The molecule has 0 atom stereocenters. The van der Waals surface area contributed by atoms with Gasteiger partial charge >= 0.3 is 0 Å². The van der Waals surface area contributed by atoms with Gasteiger partial charge in [-0.1, -0.05) is 122 Å². The Hall–Kier alpha value is -0.400. The van der Waals surface area contributed by atoms with E-state index < -0.39 is 0 Å². The van der Waals surface area contributed by atoms with Crippen molar-refractivity contribution in [2.45, 2.75) is 166 Å². The SMILES string of the molecule is CCCCCCCCCCCCC1(N=NC2CCCCCC2)CCCCCC1. The lowest BCUT2D eigenvalue weighted by Gasteiger charge is -2.28. The van der Waals surface area contributed by atoms with Gasteiger partial charge in [0.05, 0.1) is 11.6 Å². The van der Waals surface area contributed by atoms with Crippen molar-refractivity contribution < 1.29 is 0 Å². The largest absolute Gasteiger partial charge is 0.190 e. The van der Waals surface area contributed by atoms with Crippen LogP contribution in [0.3, 0.4) is 0 Å². The van der Waals surface area contributed by atoms with Crippen LogP contribution < -0.4 is 0 Å². The molecule has 2 saturated carbocycles. The van der Waals surface area contributed by atoms with Gasteiger partial charge in [0.2, 0.25) is 0 Å². The lowest BCUT2D eigenvalue weighted by Crippen LogP contribution is -2.26. The molecule has 0 bridgehead atoms. The van der Waals surface area contributed by atoms with Crippen molar-refractivity contribution in [2.75, 3.05) is 0 Å². The van der Waals surface area contributed by atoms with Crippen molar-refractivity contribution in [3.63, 3.8) is 0 Å². The average molecular weight is 391 g/mol. The second kappa shape index (κ2) is 15.4. The van der Waals surface area contributed by atoms with Crippen LogP contribution in [-0.4, -0.2) is 11.6 Å². The molecule has 0 aliphatic heterocycles. The lowest BCUT2D eigenvalue weighted by molar-refractivity contribution is 0.309. The van der Waals surface area contributed by atoms with Crippen LogP contribution in [0.5, 0.6) is 0 Å². The van der Waals surface area contributed by atoms with Gasteiger partial charge in [-0.15, -0.1) is 0 Å². The maximum Gasteiger partial charge on any atom is 0.0816 e. The fraction of sp³-hybridized carbons (Fsp3) is 1.00. The Morgan fingerprint density at radius 2 is 1.11 bits per heavy atom. The highest BCUT2D eigenvalue weighted by atomic mass is 15.2. The summed E-state index contributed by atoms with van der Waals surface area (Å²) >= 11 is 0. The van der Waals surface area contributed by atoms with Gasteiger partial charge < -0.3 is 0 Å². The molecule has 0 radical (unpaired) electrons. The molecule has 2 heteroatoms. The third-order valence-corrected chi connectivity index (χ3v) is 7.29. The highest BCUT2D eigenvalue weighted by Gasteiger charge is 2.30. The predicted molar refractivity (Wildman–Crippen MR) is 123 cm³/mol. The minimum absolute atomic E-state index is 0.211. The molecule has 0 aromatic carbocycles. The lowest BCUT2D eigenvalue weighted by atomic mass is 9.85. The molecule has 2 nitrogen and oxygen atoms in total. The first-order valence-electron chi connectivity index (χ1n) is 13.3. The van der Waals surface area contributed by atoms with Crippen LogP contribution in [0.1, 0.15) is 155 Å². The van der Waals surface area contributed by atoms with E-state index in [1.165, 1.54) is 148 Å². The van der Waals surface area contributed by atoms with E-state index in [2.05, 4.69) is 6.92 Å². The van der Waals surface area contributed by atoms with E-state index >= 15 is 0 Å². The Kier molecular flexibility index (Phi) is 13.2. The molecule has 0 heterocycles. The Bertz CT molecular complexity index is 374. The molecule has 0 aromatic heterocycles. The summed E-state index contributed by atoms with van der Waals surface area (Å²) in [4.78, 5) is 0. The molecule has 0 N–H and O–H groups in total. The van der Waals surface area contributed by atoms with Crippen LogP contribution in [0, 0.1) is 0 Å². The zero-order chi connectivity index (χ0) is 19.8. The highest BCUT2D eigenvalue weighted by Crippen LogP contribution is 2.36. The minimum atomic E-state index is 0.211. The Labute approximate surface area is 176 Å². The summed E-state index contributed by atoms with van der Waals surface area (Å²) in [5, 5.41) is 10.1. The van der Waals surface area contributed by atoms with Gasteiger partial charge in [-0.2, -0.15) is 10.2 Å². The minimum Gasteiger partial charge on any atom is -0.190 e. The van der Waals surface area contributed by atoms with Crippen molar-refractivity contribution in [3.05, 3.63) is 0 Å². The van der Waals surface area contributed by atoms with Gasteiger partial charge in [0.1, 0.15) is 0 Å². The fourth-order valence-electron chi connectivity index (χ4n) is 5.31. The number of nitrogens with zero attached hydrogens (tertiary/aromatic N) is 2. The van der Waals surface area contributed by atoms with Crippen molar-refractivity contribution in [3.8, 4) is 0 Å². The third kappa shape index (κ3) is 10.4. The maximum absolute atomic E-state index is 5.14. The summed E-state index contributed by atoms with van der Waals surface area (Å²) in [6.45, 7) is 2.30. The third-order valence-electron chi connectivity index (χ3n) is 7.29. The van der Waals surface area contributed by atoms with Gasteiger partial charge in [-0.25, -0.2) is 0 Å². The number of hydrogen-bond donors (Lipinski definition) is 0. The quantitative estimate of drug-likeness (QED) is 0.170. The van der Waals surface area contributed by atoms with Gasteiger partial charge in [-0.3, -0.25) is 0 Å². The summed E-state index contributed by atoms with van der Waals surface area (Å²) in [5.41, 5.74) is 0.211. The van der Waals surface area contributed by atoms with Crippen molar-refractivity contribution >= 4 is 0 Å². The average Bonchev–Trinajstić information content (AvgIpc) is 3.11.